The lowest BCUT2D eigenvalue weighted by atomic mass is 10.1. The molecule has 2 aromatic carbocycles. The van der Waals surface area contributed by atoms with Crippen LogP contribution in [0.3, 0.4) is 0 Å². The topological polar surface area (TPSA) is 53.4 Å². The van der Waals surface area contributed by atoms with Crippen LogP contribution in [0.15, 0.2) is 60.9 Å². The first-order valence-corrected chi connectivity index (χ1v) is 10.7. The Morgan fingerprint density at radius 1 is 1.10 bits per heavy atom. The minimum Gasteiger partial charge on any atom is -0.339 e. The molecule has 156 valence electrons. The van der Waals surface area contributed by atoms with E-state index in [9.17, 15) is 4.79 Å². The number of rotatable bonds is 6. The van der Waals surface area contributed by atoms with Crippen LogP contribution in [0.4, 0.5) is 11.6 Å². The van der Waals surface area contributed by atoms with Crippen molar-refractivity contribution >= 4 is 29.1 Å². The van der Waals surface area contributed by atoms with Crippen LogP contribution in [0.2, 0.25) is 5.02 Å². The Morgan fingerprint density at radius 2 is 1.87 bits per heavy atom. The highest BCUT2D eigenvalue weighted by Gasteiger charge is 2.22. The number of hydrogen-bond acceptors (Lipinski definition) is 4. The van der Waals surface area contributed by atoms with Gasteiger partial charge in [-0.25, -0.2) is 4.98 Å². The molecule has 0 saturated carbocycles. The summed E-state index contributed by atoms with van der Waals surface area (Å²) in [7, 11) is 0. The molecule has 0 aliphatic carbocycles. The van der Waals surface area contributed by atoms with Crippen LogP contribution in [0.5, 0.6) is 0 Å². The molecule has 0 spiro atoms. The van der Waals surface area contributed by atoms with E-state index in [0.717, 1.165) is 49.9 Å². The average molecular weight is 424 g/mol. The van der Waals surface area contributed by atoms with Gasteiger partial charge in [-0.15, -0.1) is 0 Å². The fraction of sp³-hybridized carbons (Fsp3) is 0.304. The van der Waals surface area contributed by atoms with E-state index in [1.54, 1.807) is 6.20 Å². The zero-order valence-electron chi connectivity index (χ0n) is 17.1. The van der Waals surface area contributed by atoms with Crippen LogP contribution >= 0.6 is 11.6 Å². The molecule has 1 N–H and O–H groups in total. The van der Waals surface area contributed by atoms with Gasteiger partial charge in [-0.1, -0.05) is 36.7 Å². The molecule has 2 heterocycles. The first-order chi connectivity index (χ1) is 14.6. The normalized spacial score (nSPS) is 14.7. The Balaban J connectivity index is 1.32. The van der Waals surface area contributed by atoms with Crippen LogP contribution in [-0.4, -0.2) is 53.1 Å². The minimum atomic E-state index is 0.0214. The first kappa shape index (κ1) is 20.4. The molecule has 30 heavy (non-hydrogen) atoms. The van der Waals surface area contributed by atoms with Crippen LogP contribution < -0.4 is 10.2 Å². The summed E-state index contributed by atoms with van der Waals surface area (Å²) in [5.74, 6) is 0.922. The van der Waals surface area contributed by atoms with Crippen molar-refractivity contribution in [2.24, 2.45) is 0 Å². The number of carbonyl (C=O) groups excluding carboxylic acids is 1. The summed E-state index contributed by atoms with van der Waals surface area (Å²) in [5.41, 5.74) is 3.10. The second-order valence-electron chi connectivity index (χ2n) is 7.44. The van der Waals surface area contributed by atoms with Gasteiger partial charge in [0.2, 0.25) is 11.9 Å². The van der Waals surface area contributed by atoms with Crippen molar-refractivity contribution in [3.05, 3.63) is 71.5 Å². The third kappa shape index (κ3) is 4.83. The van der Waals surface area contributed by atoms with Crippen molar-refractivity contribution in [2.75, 3.05) is 42.9 Å². The number of halogens is 1. The number of nitrogens with one attached hydrogen (secondary N) is 1. The van der Waals surface area contributed by atoms with E-state index in [4.69, 9.17) is 11.6 Å². The lowest BCUT2D eigenvalue weighted by Gasteiger charge is -2.35. The molecule has 1 fully saturated rings. The maximum atomic E-state index is 12.4. The van der Waals surface area contributed by atoms with Crippen LogP contribution in [0.1, 0.15) is 12.5 Å². The first-order valence-electron chi connectivity index (χ1n) is 10.3. The predicted octanol–water partition coefficient (Wildman–Crippen LogP) is 3.85. The van der Waals surface area contributed by atoms with E-state index in [0.29, 0.717) is 11.6 Å². The number of nitrogens with zero attached hydrogens (tertiary/aromatic N) is 4. The SMILES string of the molecule is CCc1ccc(NC(=O)CN2CCN(c3nccn3-c3cccc(Cl)c3)CC2)cc1. The fourth-order valence-corrected chi connectivity index (χ4v) is 3.87. The van der Waals surface area contributed by atoms with Crippen molar-refractivity contribution in [3.8, 4) is 5.69 Å². The molecule has 1 aromatic heterocycles. The Bertz CT molecular complexity index is 993. The van der Waals surface area contributed by atoms with E-state index >= 15 is 0 Å². The third-order valence-corrected chi connectivity index (χ3v) is 5.61. The quantitative estimate of drug-likeness (QED) is 0.654. The van der Waals surface area contributed by atoms with Gasteiger partial charge >= 0.3 is 0 Å². The largest absolute Gasteiger partial charge is 0.339 e. The average Bonchev–Trinajstić information content (AvgIpc) is 3.25. The van der Waals surface area contributed by atoms with Crippen LogP contribution in [0, 0.1) is 0 Å². The molecule has 1 aliphatic heterocycles. The highest BCUT2D eigenvalue weighted by atomic mass is 35.5. The van der Waals surface area contributed by atoms with Crippen molar-refractivity contribution < 1.29 is 4.79 Å². The van der Waals surface area contributed by atoms with E-state index in [1.165, 1.54) is 5.56 Å². The molecule has 1 saturated heterocycles. The molecule has 0 atom stereocenters. The second-order valence-corrected chi connectivity index (χ2v) is 7.88. The molecule has 6 nitrogen and oxygen atoms in total. The summed E-state index contributed by atoms with van der Waals surface area (Å²) in [6, 6.07) is 15.8. The highest BCUT2D eigenvalue weighted by molar-refractivity contribution is 6.30. The molecule has 3 aromatic rings. The van der Waals surface area contributed by atoms with E-state index < -0.39 is 0 Å². The van der Waals surface area contributed by atoms with Gasteiger partial charge in [0.15, 0.2) is 0 Å². The Labute approximate surface area is 182 Å². The van der Waals surface area contributed by atoms with Gasteiger partial charge in [-0.2, -0.15) is 0 Å². The zero-order chi connectivity index (χ0) is 20.9. The summed E-state index contributed by atoms with van der Waals surface area (Å²) >= 11 is 6.15. The lowest BCUT2D eigenvalue weighted by molar-refractivity contribution is -0.117. The standard InChI is InChI=1S/C23H26ClN5O/c1-2-18-6-8-20(9-7-18)26-22(30)17-27-12-14-28(15-13-27)23-25-10-11-29(23)21-5-3-4-19(24)16-21/h3-11,16H,2,12-15,17H2,1H3,(H,26,30). The number of carbonyl (C=O) groups is 1. The highest BCUT2D eigenvalue weighted by Crippen LogP contribution is 2.22. The van der Waals surface area contributed by atoms with Gasteiger partial charge in [-0.3, -0.25) is 14.3 Å². The molecule has 0 bridgehead atoms. The molecule has 0 radical (unpaired) electrons. The van der Waals surface area contributed by atoms with Crippen molar-refractivity contribution in [1.82, 2.24) is 14.5 Å². The predicted molar refractivity (Wildman–Crippen MR) is 122 cm³/mol. The number of imidazole rings is 1. The maximum absolute atomic E-state index is 12.4. The monoisotopic (exact) mass is 423 g/mol. The van der Waals surface area contributed by atoms with Crippen LogP contribution in [-0.2, 0) is 11.2 Å². The maximum Gasteiger partial charge on any atom is 0.238 e. The van der Waals surface area contributed by atoms with Crippen molar-refractivity contribution in [3.63, 3.8) is 0 Å². The summed E-state index contributed by atoms with van der Waals surface area (Å²) in [4.78, 5) is 21.4. The summed E-state index contributed by atoms with van der Waals surface area (Å²) in [5, 5.41) is 3.69. The second kappa shape index (κ2) is 9.32. The van der Waals surface area contributed by atoms with Gasteiger partial charge in [0, 0.05) is 55.0 Å². The van der Waals surface area contributed by atoms with E-state index in [2.05, 4.69) is 39.2 Å². The summed E-state index contributed by atoms with van der Waals surface area (Å²) < 4.78 is 2.05. The fourth-order valence-electron chi connectivity index (χ4n) is 3.69. The lowest BCUT2D eigenvalue weighted by Crippen LogP contribution is -2.49. The number of hydrogen-bond donors (Lipinski definition) is 1. The molecular formula is C23H26ClN5O. The molecule has 0 unspecified atom stereocenters. The van der Waals surface area contributed by atoms with Gasteiger partial charge in [0.05, 0.1) is 6.54 Å². The van der Waals surface area contributed by atoms with Gasteiger partial charge in [0.1, 0.15) is 0 Å². The van der Waals surface area contributed by atoms with Crippen LogP contribution in [0.25, 0.3) is 5.69 Å². The third-order valence-electron chi connectivity index (χ3n) is 5.38. The number of piperazine rings is 1. The van der Waals surface area contributed by atoms with E-state index in [-0.39, 0.29) is 5.91 Å². The molecular weight excluding hydrogens is 398 g/mol. The van der Waals surface area contributed by atoms with Gasteiger partial charge < -0.3 is 10.2 Å². The van der Waals surface area contributed by atoms with Gasteiger partial charge in [-0.05, 0) is 42.3 Å². The van der Waals surface area contributed by atoms with Gasteiger partial charge in [0.25, 0.3) is 0 Å². The summed E-state index contributed by atoms with van der Waals surface area (Å²) in [6.45, 7) is 5.77. The molecule has 1 aliphatic rings. The Morgan fingerprint density at radius 3 is 2.57 bits per heavy atom. The van der Waals surface area contributed by atoms with E-state index in [1.807, 2.05) is 47.2 Å². The number of amides is 1. The number of benzene rings is 2. The minimum absolute atomic E-state index is 0.0214. The molecule has 1 amide bonds. The van der Waals surface area contributed by atoms with Crippen molar-refractivity contribution in [1.29, 1.82) is 0 Å². The molecule has 7 heteroatoms. The number of anilines is 2. The molecule has 4 rings (SSSR count). The smallest absolute Gasteiger partial charge is 0.238 e. The zero-order valence-corrected chi connectivity index (χ0v) is 17.8. The van der Waals surface area contributed by atoms with Crippen molar-refractivity contribution in [2.45, 2.75) is 13.3 Å². The Hall–Kier alpha value is -2.83. The Kier molecular flexibility index (Phi) is 6.35. The summed E-state index contributed by atoms with van der Waals surface area (Å²) in [6.07, 6.45) is 4.75. The number of aromatic nitrogens is 2. The number of aryl methyl sites for hydroxylation is 1.